The first kappa shape index (κ1) is 21.3. The first-order valence-corrected chi connectivity index (χ1v) is 11.9. The van der Waals surface area contributed by atoms with Crippen LogP contribution in [0.1, 0.15) is 30.7 Å². The molecule has 35 heavy (non-hydrogen) atoms. The number of furan rings is 1. The quantitative estimate of drug-likeness (QED) is 0.269. The third kappa shape index (κ3) is 3.70. The summed E-state index contributed by atoms with van der Waals surface area (Å²) in [5.74, 6) is 0. The number of aryl methyl sites for hydroxylation is 1. The Morgan fingerprint density at radius 2 is 1.43 bits per heavy atom. The first-order valence-electron chi connectivity index (χ1n) is 11.9. The zero-order valence-corrected chi connectivity index (χ0v) is 20.1. The van der Waals surface area contributed by atoms with Crippen LogP contribution < -0.4 is 0 Å². The fraction of sp³-hybridized carbons (Fsp3) is 0.125. The minimum Gasteiger partial charge on any atom is -0.454 e. The maximum Gasteiger partial charge on any atom is 0.153 e. The van der Waals surface area contributed by atoms with Crippen LogP contribution in [0.2, 0.25) is 0 Å². The number of pyridine rings is 2. The standard InChI is InChI=1S/C32H26N2O/c1-21-18-27(33-20-26(21)22-10-6-4-7-11-22)23-14-15-28-25(19-23)31-29(35-28)16-17-30(34-31)32(2,3)24-12-8-5-9-13-24/h4-20H,1-3H3. The molecule has 0 radical (unpaired) electrons. The summed E-state index contributed by atoms with van der Waals surface area (Å²) in [6.07, 6.45) is 1.97. The monoisotopic (exact) mass is 454 g/mol. The van der Waals surface area contributed by atoms with Crippen LogP contribution >= 0.6 is 0 Å². The average molecular weight is 455 g/mol. The van der Waals surface area contributed by atoms with Gasteiger partial charge in [-0.2, -0.15) is 0 Å². The molecule has 0 saturated heterocycles. The normalized spacial score (nSPS) is 11.9. The fourth-order valence-electron chi connectivity index (χ4n) is 4.79. The molecular formula is C32H26N2O. The topological polar surface area (TPSA) is 38.9 Å². The number of nitrogens with zero attached hydrogens (tertiary/aromatic N) is 2. The molecule has 170 valence electrons. The minimum absolute atomic E-state index is 0.220. The van der Waals surface area contributed by atoms with E-state index in [2.05, 4.69) is 93.6 Å². The Hall–Kier alpha value is -4.24. The summed E-state index contributed by atoms with van der Waals surface area (Å²) in [4.78, 5) is 9.91. The number of rotatable bonds is 4. The Kier molecular flexibility index (Phi) is 5.00. The Morgan fingerprint density at radius 1 is 0.714 bits per heavy atom. The molecule has 0 saturated carbocycles. The fourth-order valence-corrected chi connectivity index (χ4v) is 4.79. The average Bonchev–Trinajstić information content (AvgIpc) is 3.27. The van der Waals surface area contributed by atoms with Crippen molar-refractivity contribution in [3.05, 3.63) is 120 Å². The van der Waals surface area contributed by atoms with E-state index in [1.54, 1.807) is 0 Å². The van der Waals surface area contributed by atoms with Crippen molar-refractivity contribution in [3.63, 3.8) is 0 Å². The molecule has 3 heterocycles. The Bertz CT molecular complexity index is 1660. The molecule has 0 atom stereocenters. The molecule has 3 aromatic heterocycles. The van der Waals surface area contributed by atoms with Gasteiger partial charge in [-0.25, -0.2) is 4.98 Å². The van der Waals surface area contributed by atoms with Crippen LogP contribution in [0.15, 0.2) is 108 Å². The van der Waals surface area contributed by atoms with Gasteiger partial charge >= 0.3 is 0 Å². The van der Waals surface area contributed by atoms with Crippen molar-refractivity contribution in [1.82, 2.24) is 9.97 Å². The van der Waals surface area contributed by atoms with Crippen molar-refractivity contribution >= 4 is 22.1 Å². The molecule has 0 aliphatic heterocycles. The number of benzene rings is 3. The van der Waals surface area contributed by atoms with Gasteiger partial charge in [0.05, 0.1) is 11.4 Å². The minimum atomic E-state index is -0.220. The van der Waals surface area contributed by atoms with Crippen LogP contribution in [0.5, 0.6) is 0 Å². The zero-order chi connectivity index (χ0) is 24.0. The van der Waals surface area contributed by atoms with Crippen molar-refractivity contribution in [2.45, 2.75) is 26.2 Å². The highest BCUT2D eigenvalue weighted by atomic mass is 16.3. The van der Waals surface area contributed by atoms with Gasteiger partial charge in [0.2, 0.25) is 0 Å². The van der Waals surface area contributed by atoms with Gasteiger partial charge in [0, 0.05) is 28.1 Å². The van der Waals surface area contributed by atoms with Crippen molar-refractivity contribution in [2.24, 2.45) is 0 Å². The predicted molar refractivity (Wildman–Crippen MR) is 143 cm³/mol. The molecular weight excluding hydrogens is 428 g/mol. The van der Waals surface area contributed by atoms with E-state index in [4.69, 9.17) is 14.4 Å². The summed E-state index contributed by atoms with van der Waals surface area (Å²) in [6, 6.07) is 33.4. The lowest BCUT2D eigenvalue weighted by Crippen LogP contribution is -2.20. The van der Waals surface area contributed by atoms with Crippen LogP contribution in [0.3, 0.4) is 0 Å². The molecule has 0 bridgehead atoms. The van der Waals surface area contributed by atoms with Crippen LogP contribution in [0, 0.1) is 6.92 Å². The number of aromatic nitrogens is 2. The molecule has 0 N–H and O–H groups in total. The second kappa shape index (κ2) is 8.21. The predicted octanol–water partition coefficient (Wildman–Crippen LogP) is 8.34. The van der Waals surface area contributed by atoms with E-state index in [1.165, 1.54) is 16.7 Å². The molecule has 0 amide bonds. The van der Waals surface area contributed by atoms with Crippen molar-refractivity contribution in [2.75, 3.05) is 0 Å². The van der Waals surface area contributed by atoms with Gasteiger partial charge in [-0.1, -0.05) is 74.5 Å². The molecule has 0 aliphatic rings. The maximum absolute atomic E-state index is 6.13. The van der Waals surface area contributed by atoms with Crippen LogP contribution in [-0.2, 0) is 5.41 Å². The van der Waals surface area contributed by atoms with Gasteiger partial charge in [-0.15, -0.1) is 0 Å². The van der Waals surface area contributed by atoms with Gasteiger partial charge in [0.15, 0.2) is 5.58 Å². The van der Waals surface area contributed by atoms with Gasteiger partial charge in [-0.05, 0) is 60.0 Å². The lowest BCUT2D eigenvalue weighted by atomic mass is 9.81. The highest BCUT2D eigenvalue weighted by Gasteiger charge is 2.25. The Labute approximate surface area is 205 Å². The van der Waals surface area contributed by atoms with E-state index in [9.17, 15) is 0 Å². The summed E-state index contributed by atoms with van der Waals surface area (Å²) >= 11 is 0. The zero-order valence-electron chi connectivity index (χ0n) is 20.1. The molecule has 6 aromatic rings. The Morgan fingerprint density at radius 3 is 2.17 bits per heavy atom. The van der Waals surface area contributed by atoms with Crippen molar-refractivity contribution < 1.29 is 4.42 Å². The summed E-state index contributed by atoms with van der Waals surface area (Å²) in [5.41, 5.74) is 10.1. The highest BCUT2D eigenvalue weighted by Crippen LogP contribution is 2.36. The second-order valence-electron chi connectivity index (χ2n) is 9.60. The third-order valence-electron chi connectivity index (χ3n) is 6.94. The molecule has 3 nitrogen and oxygen atoms in total. The molecule has 3 heteroatoms. The molecule has 3 aromatic carbocycles. The SMILES string of the molecule is Cc1cc(-c2ccc3oc4ccc(C(C)(C)c5ccccc5)nc4c3c2)ncc1-c1ccccc1. The van der Waals surface area contributed by atoms with Crippen LogP contribution in [0.25, 0.3) is 44.5 Å². The van der Waals surface area contributed by atoms with Gasteiger partial charge in [0.25, 0.3) is 0 Å². The van der Waals surface area contributed by atoms with E-state index in [0.717, 1.165) is 44.6 Å². The summed E-state index contributed by atoms with van der Waals surface area (Å²) in [7, 11) is 0. The number of hydrogen-bond donors (Lipinski definition) is 0. The number of hydrogen-bond acceptors (Lipinski definition) is 3. The second-order valence-corrected chi connectivity index (χ2v) is 9.60. The largest absolute Gasteiger partial charge is 0.454 e. The van der Waals surface area contributed by atoms with Crippen LogP contribution in [-0.4, -0.2) is 9.97 Å². The third-order valence-corrected chi connectivity index (χ3v) is 6.94. The van der Waals surface area contributed by atoms with Crippen molar-refractivity contribution in [3.8, 4) is 22.4 Å². The van der Waals surface area contributed by atoms with Gasteiger partial charge < -0.3 is 4.42 Å². The maximum atomic E-state index is 6.13. The lowest BCUT2D eigenvalue weighted by Gasteiger charge is -2.24. The van der Waals surface area contributed by atoms with E-state index in [1.807, 2.05) is 30.5 Å². The molecule has 6 rings (SSSR count). The molecule has 0 aliphatic carbocycles. The van der Waals surface area contributed by atoms with E-state index in [0.29, 0.717) is 0 Å². The first-order chi connectivity index (χ1) is 17.0. The summed E-state index contributed by atoms with van der Waals surface area (Å²) < 4.78 is 6.13. The highest BCUT2D eigenvalue weighted by molar-refractivity contribution is 6.04. The smallest absolute Gasteiger partial charge is 0.153 e. The lowest BCUT2D eigenvalue weighted by molar-refractivity contribution is 0.617. The van der Waals surface area contributed by atoms with E-state index in [-0.39, 0.29) is 5.41 Å². The van der Waals surface area contributed by atoms with Crippen LogP contribution in [0.4, 0.5) is 0 Å². The number of fused-ring (bicyclic) bond motifs is 3. The molecule has 0 unspecified atom stereocenters. The molecule has 0 spiro atoms. The summed E-state index contributed by atoms with van der Waals surface area (Å²) in [6.45, 7) is 6.56. The Balaban J connectivity index is 1.44. The van der Waals surface area contributed by atoms with Gasteiger partial charge in [-0.3, -0.25) is 4.98 Å². The molecule has 0 fully saturated rings. The van der Waals surface area contributed by atoms with E-state index >= 15 is 0 Å². The summed E-state index contributed by atoms with van der Waals surface area (Å²) in [5, 5.41) is 1.01. The van der Waals surface area contributed by atoms with Crippen molar-refractivity contribution in [1.29, 1.82) is 0 Å². The van der Waals surface area contributed by atoms with Gasteiger partial charge in [0.1, 0.15) is 11.1 Å². The van der Waals surface area contributed by atoms with E-state index < -0.39 is 0 Å².